The van der Waals surface area contributed by atoms with Gasteiger partial charge in [0, 0.05) is 38.1 Å². The van der Waals surface area contributed by atoms with Crippen molar-refractivity contribution in [2.75, 3.05) is 19.8 Å². The molecule has 2 aliphatic rings. The van der Waals surface area contributed by atoms with Crippen LogP contribution in [0.1, 0.15) is 58.3 Å². The molecule has 4 nitrogen and oxygen atoms in total. The number of amides is 1. The molecule has 1 aliphatic carbocycles. The monoisotopic (exact) mass is 283 g/mol. The third kappa shape index (κ3) is 3.95. The molecular formula is C16H29NO3. The Morgan fingerprint density at radius 2 is 2.10 bits per heavy atom. The normalized spacial score (nSPS) is 30.7. The third-order valence-corrected chi connectivity index (χ3v) is 4.78. The first-order valence-corrected chi connectivity index (χ1v) is 8.29. The fourth-order valence-electron chi connectivity index (χ4n) is 3.74. The number of carbonyl (C=O) groups is 1. The van der Waals surface area contributed by atoms with Crippen LogP contribution >= 0.6 is 0 Å². The van der Waals surface area contributed by atoms with Crippen molar-refractivity contribution in [3.05, 3.63) is 0 Å². The van der Waals surface area contributed by atoms with Gasteiger partial charge in [0.25, 0.3) is 0 Å². The van der Waals surface area contributed by atoms with Crippen molar-refractivity contribution in [2.24, 2.45) is 5.92 Å². The number of hydrogen-bond acceptors (Lipinski definition) is 3. The lowest BCUT2D eigenvalue weighted by molar-refractivity contribution is -0.137. The minimum atomic E-state index is -0.197. The maximum absolute atomic E-state index is 12.4. The molecule has 0 radical (unpaired) electrons. The molecule has 4 heteroatoms. The summed E-state index contributed by atoms with van der Waals surface area (Å²) in [5, 5.41) is 10.1. The number of rotatable bonds is 6. The molecule has 0 aromatic carbocycles. The molecule has 0 spiro atoms. The Hall–Kier alpha value is -0.610. The van der Waals surface area contributed by atoms with Crippen LogP contribution in [0.5, 0.6) is 0 Å². The zero-order chi connectivity index (χ0) is 14.4. The number of piperidine rings is 1. The van der Waals surface area contributed by atoms with E-state index in [4.69, 9.17) is 4.74 Å². The molecule has 1 aliphatic heterocycles. The molecule has 3 unspecified atom stereocenters. The van der Waals surface area contributed by atoms with Gasteiger partial charge in [-0.3, -0.25) is 4.79 Å². The highest BCUT2D eigenvalue weighted by Crippen LogP contribution is 2.35. The minimum absolute atomic E-state index is 0.197. The molecular weight excluding hydrogens is 254 g/mol. The predicted octanol–water partition coefficient (Wildman–Crippen LogP) is 2.35. The van der Waals surface area contributed by atoms with E-state index in [1.54, 1.807) is 0 Å². The van der Waals surface area contributed by atoms with Gasteiger partial charge in [-0.05, 0) is 45.4 Å². The van der Waals surface area contributed by atoms with E-state index < -0.39 is 0 Å². The molecule has 0 bridgehead atoms. The second-order valence-corrected chi connectivity index (χ2v) is 6.11. The quantitative estimate of drug-likeness (QED) is 0.761. The molecule has 1 saturated carbocycles. The van der Waals surface area contributed by atoms with Gasteiger partial charge in [-0.25, -0.2) is 0 Å². The molecule has 1 saturated heterocycles. The number of nitrogens with zero attached hydrogens (tertiary/aromatic N) is 1. The lowest BCUT2D eigenvalue weighted by atomic mass is 9.87. The Kier molecular flexibility index (Phi) is 6.30. The molecule has 3 atom stereocenters. The first-order valence-electron chi connectivity index (χ1n) is 8.29. The van der Waals surface area contributed by atoms with Crippen molar-refractivity contribution < 1.29 is 14.6 Å². The maximum Gasteiger partial charge on any atom is 0.222 e. The SMILES string of the molecule is CCOCCCC(=O)N1CCCCC1C1CCCC1O. The Bertz CT molecular complexity index is 308. The minimum Gasteiger partial charge on any atom is -0.393 e. The van der Waals surface area contributed by atoms with E-state index in [9.17, 15) is 9.90 Å². The van der Waals surface area contributed by atoms with Crippen LogP contribution in [0, 0.1) is 5.92 Å². The molecule has 1 N–H and O–H groups in total. The summed E-state index contributed by atoms with van der Waals surface area (Å²) in [7, 11) is 0. The summed E-state index contributed by atoms with van der Waals surface area (Å²) in [4.78, 5) is 14.5. The summed E-state index contributed by atoms with van der Waals surface area (Å²) in [5.41, 5.74) is 0. The van der Waals surface area contributed by atoms with Gasteiger partial charge in [-0.1, -0.05) is 6.42 Å². The van der Waals surface area contributed by atoms with E-state index in [-0.39, 0.29) is 18.1 Å². The first kappa shape index (κ1) is 15.8. The summed E-state index contributed by atoms with van der Waals surface area (Å²) in [6.45, 7) is 4.24. The van der Waals surface area contributed by atoms with E-state index in [2.05, 4.69) is 4.90 Å². The van der Waals surface area contributed by atoms with Crippen LogP contribution in [0.2, 0.25) is 0 Å². The van der Waals surface area contributed by atoms with E-state index in [1.807, 2.05) is 6.92 Å². The lowest BCUT2D eigenvalue weighted by Gasteiger charge is -2.40. The standard InChI is InChI=1S/C16H29NO3/c1-2-20-12-6-10-16(19)17-11-4-3-8-14(17)13-7-5-9-15(13)18/h13-15,18H,2-12H2,1H3. The molecule has 20 heavy (non-hydrogen) atoms. The zero-order valence-corrected chi connectivity index (χ0v) is 12.7. The van der Waals surface area contributed by atoms with Crippen LogP contribution in [-0.4, -0.2) is 47.8 Å². The zero-order valence-electron chi connectivity index (χ0n) is 12.7. The smallest absolute Gasteiger partial charge is 0.222 e. The van der Waals surface area contributed by atoms with Crippen LogP contribution in [0.15, 0.2) is 0 Å². The van der Waals surface area contributed by atoms with Gasteiger partial charge in [-0.15, -0.1) is 0 Å². The third-order valence-electron chi connectivity index (χ3n) is 4.78. The van der Waals surface area contributed by atoms with Crippen LogP contribution in [0.3, 0.4) is 0 Å². The van der Waals surface area contributed by atoms with E-state index in [0.29, 0.717) is 18.9 Å². The summed E-state index contributed by atoms with van der Waals surface area (Å²) in [5.74, 6) is 0.569. The molecule has 1 heterocycles. The van der Waals surface area contributed by atoms with Gasteiger partial charge >= 0.3 is 0 Å². The van der Waals surface area contributed by atoms with Gasteiger partial charge in [0.1, 0.15) is 0 Å². The molecule has 116 valence electrons. The second kappa shape index (κ2) is 7.99. The Morgan fingerprint density at radius 1 is 1.25 bits per heavy atom. The Balaban J connectivity index is 1.87. The number of aliphatic hydroxyl groups is 1. The van der Waals surface area contributed by atoms with E-state index >= 15 is 0 Å². The molecule has 1 amide bonds. The van der Waals surface area contributed by atoms with Crippen LogP contribution in [0.4, 0.5) is 0 Å². The fourth-order valence-corrected chi connectivity index (χ4v) is 3.74. The van der Waals surface area contributed by atoms with Crippen molar-refractivity contribution in [2.45, 2.75) is 70.4 Å². The molecule has 2 fully saturated rings. The van der Waals surface area contributed by atoms with Gasteiger partial charge in [0.05, 0.1) is 6.10 Å². The van der Waals surface area contributed by atoms with Gasteiger partial charge in [-0.2, -0.15) is 0 Å². The predicted molar refractivity (Wildman–Crippen MR) is 78.4 cm³/mol. The summed E-state index contributed by atoms with van der Waals surface area (Å²) in [6, 6.07) is 0.279. The largest absolute Gasteiger partial charge is 0.393 e. The van der Waals surface area contributed by atoms with Crippen LogP contribution in [-0.2, 0) is 9.53 Å². The Labute approximate surface area is 122 Å². The van der Waals surface area contributed by atoms with Gasteiger partial charge < -0.3 is 14.7 Å². The van der Waals surface area contributed by atoms with Crippen molar-refractivity contribution in [1.29, 1.82) is 0 Å². The van der Waals surface area contributed by atoms with Crippen molar-refractivity contribution in [1.82, 2.24) is 4.90 Å². The average Bonchev–Trinajstić information content (AvgIpc) is 2.89. The fraction of sp³-hybridized carbons (Fsp3) is 0.938. The molecule has 0 aromatic rings. The number of likely N-dealkylation sites (tertiary alicyclic amines) is 1. The second-order valence-electron chi connectivity index (χ2n) is 6.11. The van der Waals surface area contributed by atoms with Crippen molar-refractivity contribution in [3.8, 4) is 0 Å². The molecule has 0 aromatic heterocycles. The van der Waals surface area contributed by atoms with Crippen molar-refractivity contribution >= 4 is 5.91 Å². The summed E-state index contributed by atoms with van der Waals surface area (Å²) >= 11 is 0. The van der Waals surface area contributed by atoms with Gasteiger partial charge in [0.2, 0.25) is 5.91 Å². The van der Waals surface area contributed by atoms with Crippen LogP contribution < -0.4 is 0 Å². The summed E-state index contributed by atoms with van der Waals surface area (Å²) < 4.78 is 5.30. The molecule has 2 rings (SSSR count). The number of ether oxygens (including phenoxy) is 1. The van der Waals surface area contributed by atoms with Crippen LogP contribution in [0.25, 0.3) is 0 Å². The highest BCUT2D eigenvalue weighted by atomic mass is 16.5. The van der Waals surface area contributed by atoms with E-state index in [0.717, 1.165) is 51.7 Å². The lowest BCUT2D eigenvalue weighted by Crippen LogP contribution is -2.49. The maximum atomic E-state index is 12.4. The van der Waals surface area contributed by atoms with E-state index in [1.165, 1.54) is 6.42 Å². The number of hydrogen-bond donors (Lipinski definition) is 1. The summed E-state index contributed by atoms with van der Waals surface area (Å²) in [6.07, 6.45) is 7.66. The number of aliphatic hydroxyl groups excluding tert-OH is 1. The van der Waals surface area contributed by atoms with Gasteiger partial charge in [0.15, 0.2) is 0 Å². The average molecular weight is 283 g/mol. The highest BCUT2D eigenvalue weighted by molar-refractivity contribution is 5.76. The number of carbonyl (C=O) groups excluding carboxylic acids is 1. The Morgan fingerprint density at radius 3 is 2.80 bits per heavy atom. The van der Waals surface area contributed by atoms with Crippen molar-refractivity contribution in [3.63, 3.8) is 0 Å². The highest BCUT2D eigenvalue weighted by Gasteiger charge is 2.38. The topological polar surface area (TPSA) is 49.8 Å². The first-order chi connectivity index (χ1) is 9.74.